The number of halogens is 1. The third-order valence-electron chi connectivity index (χ3n) is 3.03. The van der Waals surface area contributed by atoms with Crippen molar-refractivity contribution < 1.29 is 14.3 Å². The fourth-order valence-corrected chi connectivity index (χ4v) is 3.49. The van der Waals surface area contributed by atoms with E-state index < -0.39 is 0 Å². The number of thiazole rings is 1. The molecule has 1 heterocycles. The first-order valence-corrected chi connectivity index (χ1v) is 8.85. The summed E-state index contributed by atoms with van der Waals surface area (Å²) in [5.74, 6) is 1.28. The number of hydrazone groups is 1. The summed E-state index contributed by atoms with van der Waals surface area (Å²) in [5, 5.41) is 4.74. The highest BCUT2D eigenvalue weighted by molar-refractivity contribution is 9.10. The summed E-state index contributed by atoms with van der Waals surface area (Å²) < 4.78 is 11.7. The highest BCUT2D eigenvalue weighted by atomic mass is 79.9. The van der Waals surface area contributed by atoms with E-state index in [1.165, 1.54) is 18.3 Å². The average molecular weight is 412 g/mol. The molecule has 0 bridgehead atoms. The van der Waals surface area contributed by atoms with Crippen LogP contribution in [0.2, 0.25) is 0 Å². The molecule has 0 spiro atoms. The Labute approximate surface area is 153 Å². The summed E-state index contributed by atoms with van der Waals surface area (Å²) in [4.78, 5) is 16.4. The number of rotatable bonds is 7. The number of carbonyl (C=O) groups excluding carboxylic acids is 1. The Kier molecular flexibility index (Phi) is 6.33. The Hall–Kier alpha value is -1.93. The number of hydrogen-bond acceptors (Lipinski definition) is 7. The third-order valence-corrected chi connectivity index (χ3v) is 4.78. The SMILES string of the molecule is CCOc1cc(/C=N\Nc2nc(C)c(C(C)=O)s2)cc(Br)c1OC. The normalized spacial score (nSPS) is 10.9. The first-order chi connectivity index (χ1) is 11.5. The number of hydrogen-bond donors (Lipinski definition) is 1. The van der Waals surface area contributed by atoms with Gasteiger partial charge in [-0.05, 0) is 47.5 Å². The predicted octanol–water partition coefficient (Wildman–Crippen LogP) is 4.27. The minimum absolute atomic E-state index is 0.00229. The molecule has 8 heteroatoms. The molecule has 0 saturated carbocycles. The molecule has 128 valence electrons. The van der Waals surface area contributed by atoms with Crippen LogP contribution in [0.25, 0.3) is 0 Å². The summed E-state index contributed by atoms with van der Waals surface area (Å²) in [5.41, 5.74) is 4.38. The minimum atomic E-state index is 0.00229. The number of aryl methyl sites for hydroxylation is 1. The summed E-state index contributed by atoms with van der Waals surface area (Å²) in [7, 11) is 1.59. The zero-order valence-electron chi connectivity index (χ0n) is 13.8. The van der Waals surface area contributed by atoms with Gasteiger partial charge in [-0.2, -0.15) is 5.10 Å². The van der Waals surface area contributed by atoms with Crippen molar-refractivity contribution in [2.24, 2.45) is 5.10 Å². The predicted molar refractivity (Wildman–Crippen MR) is 99.9 cm³/mol. The molecule has 0 saturated heterocycles. The first kappa shape index (κ1) is 18.4. The number of anilines is 1. The second-order valence-electron chi connectivity index (χ2n) is 4.83. The van der Waals surface area contributed by atoms with Gasteiger partial charge in [0.05, 0.1) is 35.0 Å². The molecule has 0 atom stereocenters. The number of Topliss-reactive ketones (excluding diaryl/α,β-unsaturated/α-hetero) is 1. The van der Waals surface area contributed by atoms with Gasteiger partial charge in [-0.25, -0.2) is 4.98 Å². The van der Waals surface area contributed by atoms with Gasteiger partial charge < -0.3 is 9.47 Å². The van der Waals surface area contributed by atoms with E-state index in [-0.39, 0.29) is 5.78 Å². The molecule has 0 unspecified atom stereocenters. The van der Waals surface area contributed by atoms with Crippen LogP contribution in [0, 0.1) is 6.92 Å². The van der Waals surface area contributed by atoms with Crippen molar-refractivity contribution >= 4 is 44.4 Å². The van der Waals surface area contributed by atoms with Gasteiger partial charge >= 0.3 is 0 Å². The Morgan fingerprint density at radius 3 is 2.83 bits per heavy atom. The van der Waals surface area contributed by atoms with Crippen LogP contribution < -0.4 is 14.9 Å². The molecule has 0 radical (unpaired) electrons. The van der Waals surface area contributed by atoms with Gasteiger partial charge in [0.25, 0.3) is 0 Å². The Balaban J connectivity index is 2.17. The van der Waals surface area contributed by atoms with Gasteiger partial charge in [0.1, 0.15) is 0 Å². The highest BCUT2D eigenvalue weighted by Crippen LogP contribution is 2.36. The van der Waals surface area contributed by atoms with Gasteiger partial charge in [0, 0.05) is 6.92 Å². The zero-order chi connectivity index (χ0) is 17.7. The molecule has 0 aliphatic heterocycles. The molecule has 24 heavy (non-hydrogen) atoms. The minimum Gasteiger partial charge on any atom is -0.492 e. The van der Waals surface area contributed by atoms with Crippen LogP contribution in [0.3, 0.4) is 0 Å². The molecule has 0 aliphatic rings. The number of methoxy groups -OCH3 is 1. The van der Waals surface area contributed by atoms with Crippen molar-refractivity contribution in [3.8, 4) is 11.5 Å². The van der Waals surface area contributed by atoms with Crippen LogP contribution in [0.15, 0.2) is 21.7 Å². The second kappa shape index (κ2) is 8.25. The molecule has 0 fully saturated rings. The maximum atomic E-state index is 11.4. The standard InChI is InChI=1S/C16H18BrN3O3S/c1-5-23-13-7-11(6-12(17)14(13)22-4)8-18-20-16-19-9(2)15(24-16)10(3)21/h6-8H,5H2,1-4H3,(H,19,20)/b18-8-. The van der Waals surface area contributed by atoms with Gasteiger partial charge in [0.15, 0.2) is 17.3 Å². The van der Waals surface area contributed by atoms with Gasteiger partial charge in [-0.15, -0.1) is 0 Å². The average Bonchev–Trinajstić information content (AvgIpc) is 2.88. The number of aromatic nitrogens is 1. The van der Waals surface area contributed by atoms with Crippen LogP contribution in [0.1, 0.15) is 34.8 Å². The van der Waals surface area contributed by atoms with Gasteiger partial charge in [-0.1, -0.05) is 11.3 Å². The second-order valence-corrected chi connectivity index (χ2v) is 6.68. The van der Waals surface area contributed by atoms with Crippen molar-refractivity contribution in [2.75, 3.05) is 19.1 Å². The number of ether oxygens (including phenoxy) is 2. The highest BCUT2D eigenvalue weighted by Gasteiger charge is 2.12. The molecule has 0 amide bonds. The number of nitrogens with zero attached hydrogens (tertiary/aromatic N) is 2. The van der Waals surface area contributed by atoms with Crippen molar-refractivity contribution in [1.29, 1.82) is 0 Å². The number of carbonyl (C=O) groups is 1. The summed E-state index contributed by atoms with van der Waals surface area (Å²) >= 11 is 4.74. The molecular formula is C16H18BrN3O3S. The summed E-state index contributed by atoms with van der Waals surface area (Å²) in [6.45, 7) is 5.77. The quantitative estimate of drug-likeness (QED) is 0.418. The molecule has 1 N–H and O–H groups in total. The Morgan fingerprint density at radius 2 is 2.25 bits per heavy atom. The third kappa shape index (κ3) is 4.33. The van der Waals surface area contributed by atoms with E-state index in [0.717, 1.165) is 10.0 Å². The van der Waals surface area contributed by atoms with E-state index >= 15 is 0 Å². The van der Waals surface area contributed by atoms with Crippen LogP contribution in [0.4, 0.5) is 5.13 Å². The van der Waals surface area contributed by atoms with Crippen molar-refractivity contribution in [1.82, 2.24) is 4.98 Å². The maximum absolute atomic E-state index is 11.4. The number of benzene rings is 1. The van der Waals surface area contributed by atoms with E-state index in [9.17, 15) is 4.79 Å². The van der Waals surface area contributed by atoms with E-state index in [1.54, 1.807) is 20.2 Å². The van der Waals surface area contributed by atoms with Crippen LogP contribution in [0.5, 0.6) is 11.5 Å². The van der Waals surface area contributed by atoms with Gasteiger partial charge in [0.2, 0.25) is 5.13 Å². The maximum Gasteiger partial charge on any atom is 0.204 e. The smallest absolute Gasteiger partial charge is 0.204 e. The largest absolute Gasteiger partial charge is 0.492 e. The Morgan fingerprint density at radius 1 is 1.50 bits per heavy atom. The molecule has 6 nitrogen and oxygen atoms in total. The van der Waals surface area contributed by atoms with Crippen molar-refractivity contribution in [3.63, 3.8) is 0 Å². The van der Waals surface area contributed by atoms with E-state index in [2.05, 4.69) is 31.4 Å². The molecule has 2 aromatic rings. The van der Waals surface area contributed by atoms with E-state index in [0.29, 0.717) is 33.8 Å². The lowest BCUT2D eigenvalue weighted by molar-refractivity contribution is 0.102. The van der Waals surface area contributed by atoms with Gasteiger partial charge in [-0.3, -0.25) is 10.2 Å². The summed E-state index contributed by atoms with van der Waals surface area (Å²) in [6, 6.07) is 3.72. The number of nitrogens with one attached hydrogen (secondary N) is 1. The lowest BCUT2D eigenvalue weighted by Gasteiger charge is -2.11. The van der Waals surface area contributed by atoms with Crippen LogP contribution >= 0.6 is 27.3 Å². The van der Waals surface area contributed by atoms with E-state index in [4.69, 9.17) is 9.47 Å². The molecule has 1 aromatic carbocycles. The molecule has 1 aromatic heterocycles. The zero-order valence-corrected chi connectivity index (χ0v) is 16.2. The lowest BCUT2D eigenvalue weighted by Crippen LogP contribution is -1.98. The number of ketones is 1. The van der Waals surface area contributed by atoms with Crippen LogP contribution in [-0.4, -0.2) is 30.7 Å². The first-order valence-electron chi connectivity index (χ1n) is 7.24. The molecular weight excluding hydrogens is 394 g/mol. The monoisotopic (exact) mass is 411 g/mol. The lowest BCUT2D eigenvalue weighted by atomic mass is 10.2. The topological polar surface area (TPSA) is 72.8 Å². The molecule has 0 aliphatic carbocycles. The van der Waals surface area contributed by atoms with Crippen molar-refractivity contribution in [2.45, 2.75) is 20.8 Å². The fourth-order valence-electron chi connectivity index (χ4n) is 2.06. The van der Waals surface area contributed by atoms with E-state index in [1.807, 2.05) is 19.1 Å². The molecule has 2 rings (SSSR count). The van der Waals surface area contributed by atoms with Crippen LogP contribution in [-0.2, 0) is 0 Å². The Bertz CT molecular complexity index is 774. The summed E-state index contributed by atoms with van der Waals surface area (Å²) in [6.07, 6.45) is 1.65. The van der Waals surface area contributed by atoms with Crippen molar-refractivity contribution in [3.05, 3.63) is 32.7 Å². The fraction of sp³-hybridized carbons (Fsp3) is 0.312.